The first-order chi connectivity index (χ1) is 9.22. The molecule has 1 amide bonds. The van der Waals surface area contributed by atoms with E-state index in [4.69, 9.17) is 4.74 Å². The number of nitrogens with one attached hydrogen (secondary N) is 1. The normalized spacial score (nSPS) is 9.95. The van der Waals surface area contributed by atoms with Crippen LogP contribution in [0, 0.1) is 0 Å². The highest BCUT2D eigenvalue weighted by Crippen LogP contribution is 2.00. The SMILES string of the molecule is CCOC(=O)CCCNC(=O)CCc1cccnc1. The highest BCUT2D eigenvalue weighted by molar-refractivity contribution is 5.76. The standard InChI is InChI=1S/C14H20N2O3/c1-2-19-14(18)6-4-10-16-13(17)8-7-12-5-3-9-15-11-12/h3,5,9,11H,2,4,6-8,10H2,1H3,(H,16,17). The smallest absolute Gasteiger partial charge is 0.305 e. The van der Waals surface area contributed by atoms with Crippen molar-refractivity contribution in [2.75, 3.05) is 13.2 Å². The molecule has 0 bridgehead atoms. The van der Waals surface area contributed by atoms with E-state index in [2.05, 4.69) is 10.3 Å². The largest absolute Gasteiger partial charge is 0.466 e. The second-order valence-electron chi connectivity index (χ2n) is 4.12. The number of hydrogen-bond donors (Lipinski definition) is 1. The van der Waals surface area contributed by atoms with Gasteiger partial charge in [-0.3, -0.25) is 14.6 Å². The summed E-state index contributed by atoms with van der Waals surface area (Å²) in [5.74, 6) is -0.222. The molecular formula is C14H20N2O3. The summed E-state index contributed by atoms with van der Waals surface area (Å²) < 4.78 is 4.80. The highest BCUT2D eigenvalue weighted by atomic mass is 16.5. The molecule has 1 rings (SSSR count). The van der Waals surface area contributed by atoms with Crippen molar-refractivity contribution in [1.82, 2.24) is 10.3 Å². The Labute approximate surface area is 113 Å². The van der Waals surface area contributed by atoms with E-state index in [0.29, 0.717) is 38.8 Å². The molecule has 0 fully saturated rings. The average molecular weight is 264 g/mol. The van der Waals surface area contributed by atoms with Crippen LogP contribution in [0.25, 0.3) is 0 Å². The topological polar surface area (TPSA) is 68.3 Å². The van der Waals surface area contributed by atoms with Gasteiger partial charge >= 0.3 is 5.97 Å². The first-order valence-electron chi connectivity index (χ1n) is 6.53. The van der Waals surface area contributed by atoms with Gasteiger partial charge in [0, 0.05) is 31.8 Å². The number of aryl methyl sites for hydroxylation is 1. The van der Waals surface area contributed by atoms with Gasteiger partial charge in [0.05, 0.1) is 6.61 Å². The Balaban J connectivity index is 2.07. The van der Waals surface area contributed by atoms with E-state index in [1.807, 2.05) is 12.1 Å². The van der Waals surface area contributed by atoms with E-state index in [0.717, 1.165) is 5.56 Å². The van der Waals surface area contributed by atoms with Gasteiger partial charge in [-0.2, -0.15) is 0 Å². The lowest BCUT2D eigenvalue weighted by Gasteiger charge is -2.05. The number of hydrogen-bond acceptors (Lipinski definition) is 4. The molecule has 1 N–H and O–H groups in total. The van der Waals surface area contributed by atoms with Crippen molar-refractivity contribution in [1.29, 1.82) is 0 Å². The number of ether oxygens (including phenoxy) is 1. The van der Waals surface area contributed by atoms with E-state index >= 15 is 0 Å². The van der Waals surface area contributed by atoms with Crippen LogP contribution in [-0.4, -0.2) is 30.0 Å². The molecule has 1 heterocycles. The van der Waals surface area contributed by atoms with Crippen LogP contribution < -0.4 is 5.32 Å². The monoisotopic (exact) mass is 264 g/mol. The number of esters is 1. The molecule has 0 atom stereocenters. The van der Waals surface area contributed by atoms with Crippen molar-refractivity contribution in [3.05, 3.63) is 30.1 Å². The summed E-state index contributed by atoms with van der Waals surface area (Å²) in [6.45, 7) is 2.68. The lowest BCUT2D eigenvalue weighted by Crippen LogP contribution is -2.25. The summed E-state index contributed by atoms with van der Waals surface area (Å²) in [5, 5.41) is 2.78. The third-order valence-electron chi connectivity index (χ3n) is 2.55. The molecule has 19 heavy (non-hydrogen) atoms. The lowest BCUT2D eigenvalue weighted by atomic mass is 10.1. The quantitative estimate of drug-likeness (QED) is 0.570. The van der Waals surface area contributed by atoms with Gasteiger partial charge in [0.2, 0.25) is 5.91 Å². The summed E-state index contributed by atoms with van der Waals surface area (Å²) in [7, 11) is 0. The van der Waals surface area contributed by atoms with E-state index in [-0.39, 0.29) is 11.9 Å². The first kappa shape index (κ1) is 15.1. The number of carbonyl (C=O) groups excluding carboxylic acids is 2. The third kappa shape index (κ3) is 7.18. The van der Waals surface area contributed by atoms with Gasteiger partial charge < -0.3 is 10.1 Å². The number of nitrogens with zero attached hydrogens (tertiary/aromatic N) is 1. The molecule has 5 heteroatoms. The summed E-state index contributed by atoms with van der Waals surface area (Å²) >= 11 is 0. The molecule has 1 aromatic heterocycles. The Hall–Kier alpha value is -1.91. The fourth-order valence-electron chi connectivity index (χ4n) is 1.59. The predicted octanol–water partition coefficient (Wildman–Crippen LogP) is 1.47. The molecule has 0 saturated heterocycles. The molecule has 5 nitrogen and oxygen atoms in total. The van der Waals surface area contributed by atoms with Crippen molar-refractivity contribution >= 4 is 11.9 Å². The molecule has 0 aliphatic rings. The Bertz CT molecular complexity index is 393. The van der Waals surface area contributed by atoms with Crippen molar-refractivity contribution in [2.45, 2.75) is 32.6 Å². The Morgan fingerprint density at radius 3 is 2.89 bits per heavy atom. The van der Waals surface area contributed by atoms with Gasteiger partial charge in [-0.1, -0.05) is 6.07 Å². The van der Waals surface area contributed by atoms with Crippen molar-refractivity contribution in [3.8, 4) is 0 Å². The molecular weight excluding hydrogens is 244 g/mol. The maximum absolute atomic E-state index is 11.5. The third-order valence-corrected chi connectivity index (χ3v) is 2.55. The van der Waals surface area contributed by atoms with Crippen molar-refractivity contribution < 1.29 is 14.3 Å². The minimum Gasteiger partial charge on any atom is -0.466 e. The van der Waals surface area contributed by atoms with Gasteiger partial charge in [0.1, 0.15) is 0 Å². The lowest BCUT2D eigenvalue weighted by molar-refractivity contribution is -0.143. The van der Waals surface area contributed by atoms with Crippen LogP contribution in [-0.2, 0) is 20.7 Å². The summed E-state index contributed by atoms with van der Waals surface area (Å²) in [5.41, 5.74) is 1.05. The molecule has 0 aliphatic heterocycles. The van der Waals surface area contributed by atoms with Gasteiger partial charge in [-0.05, 0) is 31.4 Å². The zero-order valence-corrected chi connectivity index (χ0v) is 11.2. The van der Waals surface area contributed by atoms with E-state index < -0.39 is 0 Å². The Morgan fingerprint density at radius 2 is 2.21 bits per heavy atom. The summed E-state index contributed by atoms with van der Waals surface area (Å²) in [4.78, 5) is 26.6. The number of amides is 1. The Kier molecular flexibility index (Phi) is 7.24. The summed E-state index contributed by atoms with van der Waals surface area (Å²) in [6, 6.07) is 3.80. The fraction of sp³-hybridized carbons (Fsp3) is 0.500. The average Bonchev–Trinajstić information content (AvgIpc) is 2.43. The number of aromatic nitrogens is 1. The highest BCUT2D eigenvalue weighted by Gasteiger charge is 2.04. The number of pyridine rings is 1. The van der Waals surface area contributed by atoms with Crippen LogP contribution in [0.4, 0.5) is 0 Å². The zero-order valence-electron chi connectivity index (χ0n) is 11.2. The zero-order chi connectivity index (χ0) is 13.9. The predicted molar refractivity (Wildman–Crippen MR) is 71.4 cm³/mol. The molecule has 0 radical (unpaired) electrons. The first-order valence-corrected chi connectivity index (χ1v) is 6.53. The van der Waals surface area contributed by atoms with Crippen LogP contribution in [0.15, 0.2) is 24.5 Å². The fourth-order valence-corrected chi connectivity index (χ4v) is 1.59. The molecule has 0 spiro atoms. The molecule has 0 aliphatic carbocycles. The second kappa shape index (κ2) is 9.08. The molecule has 104 valence electrons. The van der Waals surface area contributed by atoms with E-state index in [1.165, 1.54) is 0 Å². The summed E-state index contributed by atoms with van der Waals surface area (Å²) in [6.07, 6.45) is 5.53. The molecule has 1 aromatic rings. The number of carbonyl (C=O) groups is 2. The molecule has 0 unspecified atom stereocenters. The van der Waals surface area contributed by atoms with Crippen LogP contribution in [0.5, 0.6) is 0 Å². The van der Waals surface area contributed by atoms with E-state index in [1.54, 1.807) is 19.3 Å². The van der Waals surface area contributed by atoms with E-state index in [9.17, 15) is 9.59 Å². The maximum Gasteiger partial charge on any atom is 0.305 e. The minimum absolute atomic E-state index is 0.00675. The molecule has 0 aromatic carbocycles. The van der Waals surface area contributed by atoms with Crippen LogP contribution >= 0.6 is 0 Å². The second-order valence-corrected chi connectivity index (χ2v) is 4.12. The van der Waals surface area contributed by atoms with Gasteiger partial charge in [0.25, 0.3) is 0 Å². The molecule has 0 saturated carbocycles. The van der Waals surface area contributed by atoms with Crippen LogP contribution in [0.1, 0.15) is 31.7 Å². The van der Waals surface area contributed by atoms with Crippen molar-refractivity contribution in [2.24, 2.45) is 0 Å². The Morgan fingerprint density at radius 1 is 1.37 bits per heavy atom. The van der Waals surface area contributed by atoms with Crippen LogP contribution in [0.2, 0.25) is 0 Å². The maximum atomic E-state index is 11.5. The minimum atomic E-state index is -0.216. The van der Waals surface area contributed by atoms with Gasteiger partial charge in [-0.25, -0.2) is 0 Å². The number of rotatable bonds is 8. The van der Waals surface area contributed by atoms with Crippen LogP contribution in [0.3, 0.4) is 0 Å². The van der Waals surface area contributed by atoms with Crippen molar-refractivity contribution in [3.63, 3.8) is 0 Å². The van der Waals surface area contributed by atoms with Gasteiger partial charge in [-0.15, -0.1) is 0 Å². The van der Waals surface area contributed by atoms with Gasteiger partial charge in [0.15, 0.2) is 0 Å².